The lowest BCUT2D eigenvalue weighted by atomic mass is 10.2. The quantitative estimate of drug-likeness (QED) is 0.230. The monoisotopic (exact) mass is 643 g/mol. The number of piperazine rings is 1. The molecule has 0 saturated carbocycles. The molecule has 0 unspecified atom stereocenters. The first-order valence-corrected chi connectivity index (χ1v) is 14.6. The number of halogens is 2. The summed E-state index contributed by atoms with van der Waals surface area (Å²) in [7, 11) is 3.17. The van der Waals surface area contributed by atoms with Crippen LogP contribution >= 0.6 is 0 Å². The van der Waals surface area contributed by atoms with Crippen LogP contribution in [0.4, 0.5) is 14.5 Å². The van der Waals surface area contributed by atoms with Crippen LogP contribution in [0.3, 0.4) is 0 Å². The van der Waals surface area contributed by atoms with E-state index in [0.29, 0.717) is 0 Å². The van der Waals surface area contributed by atoms with Gasteiger partial charge in [-0.2, -0.15) is 19.0 Å². The van der Waals surface area contributed by atoms with Crippen LogP contribution in [0.2, 0.25) is 0 Å². The van der Waals surface area contributed by atoms with Crippen LogP contribution in [0.15, 0.2) is 72.8 Å². The molecule has 0 aliphatic carbocycles. The topological polar surface area (TPSA) is 128 Å². The van der Waals surface area contributed by atoms with Crippen molar-refractivity contribution in [3.05, 3.63) is 101 Å². The van der Waals surface area contributed by atoms with E-state index in [-0.39, 0.29) is 73.6 Å². The van der Waals surface area contributed by atoms with E-state index in [0.717, 1.165) is 5.56 Å². The van der Waals surface area contributed by atoms with Crippen molar-refractivity contribution < 1.29 is 37.7 Å². The molecular weight excluding hydrogens is 612 g/mol. The van der Waals surface area contributed by atoms with Gasteiger partial charge in [0, 0.05) is 51.9 Å². The Hall–Kier alpha value is -5.74. The third kappa shape index (κ3) is 7.92. The van der Waals surface area contributed by atoms with Crippen LogP contribution in [-0.4, -0.2) is 78.6 Å². The standard InChI is InChI=1S/C34H31F2N5O6/c1-39(2)34(44)24-9-6-10-25(18-24)46-32-29(35)31(41-15-13-40(14-16-41)20-28(42)43)30(36)33(38-32)47-27-17-23(19-37)11-12-26(27)45-21-22-7-4-3-5-8-22/h3-12,17-18H,13-16,20-21H2,1-2H3,(H,42,43). The van der Waals surface area contributed by atoms with Gasteiger partial charge < -0.3 is 29.1 Å². The number of aliphatic carboxylic acids is 1. The van der Waals surface area contributed by atoms with Crippen molar-refractivity contribution in [2.45, 2.75) is 6.61 Å². The van der Waals surface area contributed by atoms with E-state index in [1.165, 1.54) is 40.1 Å². The molecule has 1 amide bonds. The van der Waals surface area contributed by atoms with E-state index in [1.807, 2.05) is 36.4 Å². The summed E-state index contributed by atoms with van der Waals surface area (Å²) in [5, 5.41) is 18.7. The maximum Gasteiger partial charge on any atom is 0.317 e. The number of anilines is 1. The number of aromatic nitrogens is 1. The number of carbonyl (C=O) groups is 2. The molecule has 3 aromatic carbocycles. The number of carboxylic acids is 1. The van der Waals surface area contributed by atoms with Gasteiger partial charge in [-0.05, 0) is 35.9 Å². The second-order valence-electron chi connectivity index (χ2n) is 10.8. The average molecular weight is 644 g/mol. The zero-order valence-corrected chi connectivity index (χ0v) is 25.7. The molecule has 47 heavy (non-hydrogen) atoms. The van der Waals surface area contributed by atoms with Crippen LogP contribution in [0.25, 0.3) is 0 Å². The molecule has 13 heteroatoms. The highest BCUT2D eigenvalue weighted by Crippen LogP contribution is 2.40. The molecule has 2 heterocycles. The van der Waals surface area contributed by atoms with Gasteiger partial charge >= 0.3 is 5.97 Å². The number of carboxylic acid groups (broad SMARTS) is 1. The Morgan fingerprint density at radius 1 is 0.915 bits per heavy atom. The zero-order valence-electron chi connectivity index (χ0n) is 25.7. The molecule has 1 N–H and O–H groups in total. The second-order valence-corrected chi connectivity index (χ2v) is 10.8. The Labute approximate surface area is 269 Å². The van der Waals surface area contributed by atoms with Crippen molar-refractivity contribution in [1.29, 1.82) is 5.26 Å². The van der Waals surface area contributed by atoms with Crippen molar-refractivity contribution in [2.75, 3.05) is 51.7 Å². The molecule has 1 aliphatic rings. The van der Waals surface area contributed by atoms with Crippen LogP contribution < -0.4 is 19.1 Å². The highest BCUT2D eigenvalue weighted by Gasteiger charge is 2.30. The van der Waals surface area contributed by atoms with Gasteiger partial charge in [-0.3, -0.25) is 14.5 Å². The molecule has 242 valence electrons. The lowest BCUT2D eigenvalue weighted by molar-refractivity contribution is -0.138. The minimum atomic E-state index is -1.13. The molecule has 4 aromatic rings. The first-order chi connectivity index (χ1) is 22.6. The maximum absolute atomic E-state index is 16.3. The minimum absolute atomic E-state index is 0.0419. The van der Waals surface area contributed by atoms with E-state index in [1.54, 1.807) is 31.1 Å². The fraction of sp³-hybridized carbons (Fsp3) is 0.235. The van der Waals surface area contributed by atoms with Crippen molar-refractivity contribution in [2.24, 2.45) is 0 Å². The van der Waals surface area contributed by atoms with Gasteiger partial charge in [0.2, 0.25) is 11.6 Å². The number of hydrogen-bond donors (Lipinski definition) is 1. The highest BCUT2D eigenvalue weighted by molar-refractivity contribution is 5.94. The third-order valence-electron chi connectivity index (χ3n) is 7.26. The number of hydrogen-bond acceptors (Lipinski definition) is 9. The summed E-state index contributed by atoms with van der Waals surface area (Å²) >= 11 is 0. The summed E-state index contributed by atoms with van der Waals surface area (Å²) in [4.78, 5) is 32.2. The Morgan fingerprint density at radius 3 is 2.28 bits per heavy atom. The molecule has 1 aromatic heterocycles. The Morgan fingerprint density at radius 2 is 1.62 bits per heavy atom. The lowest BCUT2D eigenvalue weighted by Crippen LogP contribution is -2.48. The highest BCUT2D eigenvalue weighted by atomic mass is 19.1. The molecule has 1 fully saturated rings. The number of nitrogens with zero attached hydrogens (tertiary/aromatic N) is 5. The number of benzene rings is 3. The number of rotatable bonds is 11. The van der Waals surface area contributed by atoms with Crippen molar-refractivity contribution in [1.82, 2.24) is 14.8 Å². The largest absolute Gasteiger partial charge is 0.485 e. The normalized spacial score (nSPS) is 13.0. The van der Waals surface area contributed by atoms with Gasteiger partial charge in [0.25, 0.3) is 17.7 Å². The van der Waals surface area contributed by atoms with Crippen molar-refractivity contribution in [3.63, 3.8) is 0 Å². The maximum atomic E-state index is 16.3. The molecule has 1 aliphatic heterocycles. The van der Waals surface area contributed by atoms with Gasteiger partial charge in [0.15, 0.2) is 11.5 Å². The van der Waals surface area contributed by atoms with Gasteiger partial charge in [-0.25, -0.2) is 0 Å². The summed E-state index contributed by atoms with van der Waals surface area (Å²) < 4.78 is 50.1. The van der Waals surface area contributed by atoms with Gasteiger partial charge in [0.05, 0.1) is 18.2 Å². The summed E-state index contributed by atoms with van der Waals surface area (Å²) in [5.41, 5.74) is 0.838. The first kappa shape index (κ1) is 32.6. The van der Waals surface area contributed by atoms with Gasteiger partial charge in [-0.1, -0.05) is 36.4 Å². The molecule has 5 rings (SSSR count). The van der Waals surface area contributed by atoms with E-state index in [9.17, 15) is 14.9 Å². The molecule has 1 saturated heterocycles. The summed E-state index contributed by atoms with van der Waals surface area (Å²) in [6, 6.07) is 21.7. The molecule has 0 radical (unpaired) electrons. The van der Waals surface area contributed by atoms with Gasteiger partial charge in [-0.15, -0.1) is 0 Å². The number of amides is 1. The smallest absolute Gasteiger partial charge is 0.317 e. The van der Waals surface area contributed by atoms with E-state index >= 15 is 8.78 Å². The zero-order chi connectivity index (χ0) is 33.5. The van der Waals surface area contributed by atoms with E-state index in [4.69, 9.17) is 19.3 Å². The molecule has 0 bridgehead atoms. The van der Waals surface area contributed by atoms with Gasteiger partial charge in [0.1, 0.15) is 18.0 Å². The average Bonchev–Trinajstić information content (AvgIpc) is 3.07. The Bertz CT molecular complexity index is 1810. The third-order valence-corrected chi connectivity index (χ3v) is 7.26. The summed E-state index contributed by atoms with van der Waals surface area (Å²) in [6.45, 7) is 0.608. The first-order valence-electron chi connectivity index (χ1n) is 14.6. The van der Waals surface area contributed by atoms with Crippen LogP contribution in [0.5, 0.6) is 29.0 Å². The van der Waals surface area contributed by atoms with Crippen LogP contribution in [0, 0.1) is 23.0 Å². The Kier molecular flexibility index (Phi) is 10.1. The second kappa shape index (κ2) is 14.6. The lowest BCUT2D eigenvalue weighted by Gasteiger charge is -2.35. The minimum Gasteiger partial charge on any atom is -0.485 e. The summed E-state index contributed by atoms with van der Waals surface area (Å²) in [6.07, 6.45) is 0. The molecule has 11 nitrogen and oxygen atoms in total. The number of nitriles is 1. The van der Waals surface area contributed by atoms with E-state index in [2.05, 4.69) is 4.98 Å². The predicted molar refractivity (Wildman–Crippen MR) is 167 cm³/mol. The molecule has 0 atom stereocenters. The molecular formula is C34H31F2N5O6. The number of pyridine rings is 1. The summed E-state index contributed by atoms with van der Waals surface area (Å²) in [5.74, 6) is -4.63. The Balaban J connectivity index is 1.53. The number of carbonyl (C=O) groups excluding carboxylic acids is 1. The predicted octanol–water partition coefficient (Wildman–Crippen LogP) is 5.30. The fourth-order valence-corrected chi connectivity index (χ4v) is 4.90. The SMILES string of the molecule is CN(C)C(=O)c1cccc(Oc2nc(Oc3cc(C#N)ccc3OCc3ccccc3)c(F)c(N3CCN(CC(=O)O)CC3)c2F)c1. The fourth-order valence-electron chi connectivity index (χ4n) is 4.90. The van der Waals surface area contributed by atoms with Crippen LogP contribution in [-0.2, 0) is 11.4 Å². The van der Waals surface area contributed by atoms with Crippen molar-refractivity contribution in [3.8, 4) is 35.1 Å². The van der Waals surface area contributed by atoms with Crippen LogP contribution in [0.1, 0.15) is 21.5 Å². The van der Waals surface area contributed by atoms with Crippen molar-refractivity contribution >= 4 is 17.6 Å². The van der Waals surface area contributed by atoms with E-state index < -0.39 is 35.1 Å². The molecule has 0 spiro atoms. The number of ether oxygens (including phenoxy) is 3.